The van der Waals surface area contributed by atoms with Crippen LogP contribution < -0.4 is 0 Å². The third-order valence-electron chi connectivity index (χ3n) is 1.85. The molecule has 3 N–H and O–H groups in total. The van der Waals surface area contributed by atoms with Gasteiger partial charge in [0.1, 0.15) is 11.9 Å². The second-order valence-corrected chi connectivity index (χ2v) is 4.12. The van der Waals surface area contributed by atoms with Crippen molar-refractivity contribution in [1.82, 2.24) is 0 Å². The fraction of sp³-hybridized carbons (Fsp3) is 0.333. The first-order chi connectivity index (χ1) is 6.56. The molecule has 0 aliphatic rings. The zero-order chi connectivity index (χ0) is 10.7. The van der Waals surface area contributed by atoms with Crippen LogP contribution in [0.3, 0.4) is 0 Å². The Morgan fingerprint density at radius 1 is 1.36 bits per heavy atom. The van der Waals surface area contributed by atoms with Crippen molar-refractivity contribution in [1.29, 1.82) is 0 Å². The normalized spacial score (nSPS) is 15.1. The van der Waals surface area contributed by atoms with Crippen LogP contribution in [-0.2, 0) is 0 Å². The average molecular weight is 279 g/mol. The number of aliphatic hydroxyl groups is 2. The highest BCUT2D eigenvalue weighted by Gasteiger charge is 2.19. The lowest BCUT2D eigenvalue weighted by molar-refractivity contribution is 0.0332. The van der Waals surface area contributed by atoms with E-state index < -0.39 is 12.2 Å². The molecule has 0 bridgehead atoms. The van der Waals surface area contributed by atoms with Crippen molar-refractivity contribution in [2.24, 2.45) is 0 Å². The van der Waals surface area contributed by atoms with E-state index in [1.807, 2.05) is 0 Å². The number of hydrogen-bond acceptors (Lipinski definition) is 4. The summed E-state index contributed by atoms with van der Waals surface area (Å²) in [5, 5.41) is 28.2. The topological polar surface area (TPSA) is 60.7 Å². The van der Waals surface area contributed by atoms with Gasteiger partial charge in [0.05, 0.1) is 6.10 Å². The van der Waals surface area contributed by atoms with Gasteiger partial charge in [0.2, 0.25) is 0 Å². The molecule has 2 unspecified atom stereocenters. The molecule has 0 saturated carbocycles. The van der Waals surface area contributed by atoms with Gasteiger partial charge >= 0.3 is 0 Å². The molecule has 0 heterocycles. The molecule has 0 saturated heterocycles. The largest absolute Gasteiger partial charge is 0.508 e. The fourth-order valence-electron chi connectivity index (χ4n) is 1.06. The van der Waals surface area contributed by atoms with Crippen molar-refractivity contribution >= 4 is 28.6 Å². The fourth-order valence-corrected chi connectivity index (χ4v) is 1.75. The SMILES string of the molecule is Oc1ccc(Br)c(C(O)C(O)CS)c1. The maximum Gasteiger partial charge on any atom is 0.116 e. The van der Waals surface area contributed by atoms with Crippen molar-refractivity contribution in [3.05, 3.63) is 28.2 Å². The average Bonchev–Trinajstić information content (AvgIpc) is 2.19. The molecule has 0 amide bonds. The van der Waals surface area contributed by atoms with Gasteiger partial charge in [-0.25, -0.2) is 0 Å². The van der Waals surface area contributed by atoms with Crippen LogP contribution in [0.2, 0.25) is 0 Å². The molecule has 0 aliphatic heterocycles. The first-order valence-corrected chi connectivity index (χ1v) is 5.44. The maximum atomic E-state index is 9.65. The van der Waals surface area contributed by atoms with Crippen molar-refractivity contribution in [2.45, 2.75) is 12.2 Å². The quantitative estimate of drug-likeness (QED) is 0.634. The number of thiol groups is 1. The van der Waals surface area contributed by atoms with E-state index in [4.69, 9.17) is 0 Å². The Morgan fingerprint density at radius 3 is 2.57 bits per heavy atom. The monoisotopic (exact) mass is 278 g/mol. The molecule has 0 aromatic heterocycles. The molecule has 1 rings (SSSR count). The van der Waals surface area contributed by atoms with Crippen LogP contribution in [0.4, 0.5) is 0 Å². The van der Waals surface area contributed by atoms with E-state index in [9.17, 15) is 15.3 Å². The van der Waals surface area contributed by atoms with Crippen LogP contribution in [0.15, 0.2) is 22.7 Å². The molecule has 1 aromatic rings. The highest BCUT2D eigenvalue weighted by atomic mass is 79.9. The van der Waals surface area contributed by atoms with Crippen LogP contribution in [0.25, 0.3) is 0 Å². The third kappa shape index (κ3) is 2.63. The molecule has 14 heavy (non-hydrogen) atoms. The summed E-state index contributed by atoms with van der Waals surface area (Å²) in [6.45, 7) is 0. The van der Waals surface area contributed by atoms with E-state index in [2.05, 4.69) is 28.6 Å². The summed E-state index contributed by atoms with van der Waals surface area (Å²) in [7, 11) is 0. The lowest BCUT2D eigenvalue weighted by atomic mass is 10.1. The predicted molar refractivity (Wildman–Crippen MR) is 60.6 cm³/mol. The minimum atomic E-state index is -1.05. The summed E-state index contributed by atoms with van der Waals surface area (Å²) in [6, 6.07) is 4.51. The lowest BCUT2D eigenvalue weighted by Crippen LogP contribution is -2.20. The molecule has 0 radical (unpaired) electrons. The second-order valence-electron chi connectivity index (χ2n) is 2.90. The molecule has 0 spiro atoms. The van der Waals surface area contributed by atoms with Crippen LogP contribution in [-0.4, -0.2) is 27.2 Å². The summed E-state index contributed by atoms with van der Waals surface area (Å²) < 4.78 is 0.642. The summed E-state index contributed by atoms with van der Waals surface area (Å²) in [5.74, 6) is 0.206. The predicted octanol–water partition coefficient (Wildman–Crippen LogP) is 1.48. The number of hydrogen-bond donors (Lipinski definition) is 4. The highest BCUT2D eigenvalue weighted by Crippen LogP contribution is 2.29. The summed E-state index contributed by atoms with van der Waals surface area (Å²) in [4.78, 5) is 0. The van der Waals surface area contributed by atoms with E-state index >= 15 is 0 Å². The van der Waals surface area contributed by atoms with E-state index in [-0.39, 0.29) is 11.5 Å². The van der Waals surface area contributed by atoms with E-state index in [0.717, 1.165) is 0 Å². The van der Waals surface area contributed by atoms with Gasteiger partial charge in [-0.3, -0.25) is 0 Å². The van der Waals surface area contributed by atoms with Crippen LogP contribution in [0.5, 0.6) is 5.75 Å². The smallest absolute Gasteiger partial charge is 0.116 e. The number of benzene rings is 1. The Hall–Kier alpha value is -0.230. The van der Waals surface area contributed by atoms with Gasteiger partial charge < -0.3 is 15.3 Å². The minimum Gasteiger partial charge on any atom is -0.508 e. The van der Waals surface area contributed by atoms with E-state index in [1.165, 1.54) is 12.1 Å². The van der Waals surface area contributed by atoms with Gasteiger partial charge in [0.15, 0.2) is 0 Å². The molecule has 5 heteroatoms. The summed E-state index contributed by atoms with van der Waals surface area (Å²) in [6.07, 6.45) is -1.99. The van der Waals surface area contributed by atoms with Crippen molar-refractivity contribution in [2.75, 3.05) is 5.75 Å². The Kier molecular flexibility index (Phi) is 4.25. The Balaban J connectivity index is 2.99. The number of aromatic hydroxyl groups is 1. The van der Waals surface area contributed by atoms with Gasteiger partial charge in [-0.2, -0.15) is 12.6 Å². The number of rotatable bonds is 3. The minimum absolute atomic E-state index is 0.0496. The van der Waals surface area contributed by atoms with Crippen molar-refractivity contribution in [3.8, 4) is 5.75 Å². The lowest BCUT2D eigenvalue weighted by Gasteiger charge is -2.17. The first-order valence-electron chi connectivity index (χ1n) is 4.01. The Morgan fingerprint density at radius 2 is 2.00 bits per heavy atom. The number of aliphatic hydroxyl groups excluding tert-OH is 2. The molecular weight excluding hydrogens is 268 g/mol. The molecule has 78 valence electrons. The summed E-state index contributed by atoms with van der Waals surface area (Å²) >= 11 is 7.10. The van der Waals surface area contributed by atoms with Gasteiger partial charge in [0, 0.05) is 15.8 Å². The summed E-state index contributed by atoms with van der Waals surface area (Å²) in [5.41, 5.74) is 0.451. The van der Waals surface area contributed by atoms with Crippen molar-refractivity contribution < 1.29 is 15.3 Å². The van der Waals surface area contributed by atoms with Crippen LogP contribution in [0, 0.1) is 0 Å². The Bertz CT molecular complexity index is 319. The van der Waals surface area contributed by atoms with E-state index in [1.54, 1.807) is 6.07 Å². The number of phenols is 1. The standard InChI is InChI=1S/C9H11BrO3S/c10-7-2-1-5(11)3-6(7)9(13)8(12)4-14/h1-3,8-9,11-14H,4H2. The zero-order valence-electron chi connectivity index (χ0n) is 7.26. The molecule has 0 fully saturated rings. The Labute approximate surface area is 95.9 Å². The van der Waals surface area contributed by atoms with Gasteiger partial charge in [-0.05, 0) is 18.2 Å². The molecule has 1 aromatic carbocycles. The van der Waals surface area contributed by atoms with Gasteiger partial charge in [0.25, 0.3) is 0 Å². The molecule has 2 atom stereocenters. The van der Waals surface area contributed by atoms with Crippen LogP contribution in [0.1, 0.15) is 11.7 Å². The first kappa shape index (κ1) is 11.8. The zero-order valence-corrected chi connectivity index (χ0v) is 9.74. The van der Waals surface area contributed by atoms with Crippen LogP contribution >= 0.6 is 28.6 Å². The third-order valence-corrected chi connectivity index (χ3v) is 2.95. The molecule has 0 aliphatic carbocycles. The molecular formula is C9H11BrO3S. The second kappa shape index (κ2) is 5.02. The number of phenolic OH excluding ortho intramolecular Hbond substituents is 1. The van der Waals surface area contributed by atoms with E-state index in [0.29, 0.717) is 10.0 Å². The maximum absolute atomic E-state index is 9.65. The van der Waals surface area contributed by atoms with Crippen molar-refractivity contribution in [3.63, 3.8) is 0 Å². The van der Waals surface area contributed by atoms with Gasteiger partial charge in [-0.15, -0.1) is 0 Å². The number of halogens is 1. The van der Waals surface area contributed by atoms with Gasteiger partial charge in [-0.1, -0.05) is 15.9 Å². The highest BCUT2D eigenvalue weighted by molar-refractivity contribution is 9.10. The molecule has 3 nitrogen and oxygen atoms in total.